The molecule has 6 heteroatoms. The average Bonchev–Trinajstić information content (AvgIpc) is 2.33. The minimum atomic E-state index is -0.447. The van der Waals surface area contributed by atoms with Crippen molar-refractivity contribution in [2.45, 2.75) is 26.7 Å². The number of anilines is 1. The number of rotatable bonds is 7. The van der Waals surface area contributed by atoms with Gasteiger partial charge in [-0.2, -0.15) is 4.98 Å². The molecule has 0 radical (unpaired) electrons. The second-order valence-electron chi connectivity index (χ2n) is 4.44. The standard InChI is InChI=1S/C12H19N3O3/c1-9(2)5-4-8-13-12-10(15(16)17)6-7-11(14-12)18-3/h6-7,9H,4-5,8H2,1-3H3,(H,13,14). The van der Waals surface area contributed by atoms with Gasteiger partial charge in [-0.3, -0.25) is 10.1 Å². The summed E-state index contributed by atoms with van der Waals surface area (Å²) in [4.78, 5) is 14.5. The molecule has 0 aromatic carbocycles. The van der Waals surface area contributed by atoms with E-state index in [0.717, 1.165) is 12.8 Å². The number of ether oxygens (including phenoxy) is 1. The summed E-state index contributed by atoms with van der Waals surface area (Å²) < 4.78 is 4.96. The van der Waals surface area contributed by atoms with Crippen molar-refractivity contribution in [1.29, 1.82) is 0 Å². The Morgan fingerprint density at radius 3 is 2.78 bits per heavy atom. The van der Waals surface area contributed by atoms with E-state index < -0.39 is 4.92 Å². The van der Waals surface area contributed by atoms with Crippen LogP contribution in [-0.4, -0.2) is 23.6 Å². The molecule has 0 spiro atoms. The first-order valence-electron chi connectivity index (χ1n) is 5.98. The zero-order chi connectivity index (χ0) is 13.5. The molecule has 18 heavy (non-hydrogen) atoms. The van der Waals surface area contributed by atoms with E-state index in [9.17, 15) is 10.1 Å². The lowest BCUT2D eigenvalue weighted by molar-refractivity contribution is -0.384. The lowest BCUT2D eigenvalue weighted by atomic mass is 10.1. The number of pyridine rings is 1. The molecule has 0 aliphatic heterocycles. The quantitative estimate of drug-likeness (QED) is 0.459. The Balaban J connectivity index is 2.69. The van der Waals surface area contributed by atoms with Crippen LogP contribution in [0.1, 0.15) is 26.7 Å². The van der Waals surface area contributed by atoms with Gasteiger partial charge in [0.25, 0.3) is 0 Å². The second kappa shape index (κ2) is 6.78. The van der Waals surface area contributed by atoms with Crippen molar-refractivity contribution < 1.29 is 9.66 Å². The van der Waals surface area contributed by atoms with Crippen LogP contribution in [0.15, 0.2) is 12.1 Å². The van der Waals surface area contributed by atoms with Crippen LogP contribution in [0.2, 0.25) is 0 Å². The van der Waals surface area contributed by atoms with Crippen molar-refractivity contribution in [3.8, 4) is 5.88 Å². The highest BCUT2D eigenvalue weighted by molar-refractivity contribution is 5.56. The Morgan fingerprint density at radius 2 is 2.22 bits per heavy atom. The minimum absolute atomic E-state index is 0.0275. The maximum absolute atomic E-state index is 10.8. The van der Waals surface area contributed by atoms with Crippen molar-refractivity contribution in [3.63, 3.8) is 0 Å². The Hall–Kier alpha value is -1.85. The number of methoxy groups -OCH3 is 1. The van der Waals surface area contributed by atoms with Gasteiger partial charge in [-0.1, -0.05) is 13.8 Å². The van der Waals surface area contributed by atoms with Crippen LogP contribution in [0, 0.1) is 16.0 Å². The maximum atomic E-state index is 10.8. The molecule has 0 aliphatic rings. The largest absolute Gasteiger partial charge is 0.481 e. The van der Waals surface area contributed by atoms with E-state index in [-0.39, 0.29) is 11.5 Å². The van der Waals surface area contributed by atoms with Crippen molar-refractivity contribution in [2.24, 2.45) is 5.92 Å². The normalized spacial score (nSPS) is 10.4. The zero-order valence-electron chi connectivity index (χ0n) is 11.0. The first-order valence-corrected chi connectivity index (χ1v) is 5.98. The topological polar surface area (TPSA) is 77.3 Å². The third-order valence-electron chi connectivity index (χ3n) is 2.50. The molecule has 0 fully saturated rings. The highest BCUT2D eigenvalue weighted by Crippen LogP contribution is 2.24. The summed E-state index contributed by atoms with van der Waals surface area (Å²) >= 11 is 0. The van der Waals surface area contributed by atoms with Crippen LogP contribution in [-0.2, 0) is 0 Å². The number of hydrogen-bond donors (Lipinski definition) is 1. The molecule has 6 nitrogen and oxygen atoms in total. The molecule has 1 rings (SSSR count). The molecule has 0 aliphatic carbocycles. The molecule has 1 N–H and O–H groups in total. The maximum Gasteiger partial charge on any atom is 0.311 e. The van der Waals surface area contributed by atoms with Crippen LogP contribution in [0.5, 0.6) is 5.88 Å². The third kappa shape index (κ3) is 4.20. The number of aromatic nitrogens is 1. The number of nitrogens with zero attached hydrogens (tertiary/aromatic N) is 2. The van der Waals surface area contributed by atoms with Crippen molar-refractivity contribution in [3.05, 3.63) is 22.2 Å². The lowest BCUT2D eigenvalue weighted by Gasteiger charge is -2.08. The van der Waals surface area contributed by atoms with Gasteiger partial charge in [0.05, 0.1) is 12.0 Å². The first-order chi connectivity index (χ1) is 8.54. The lowest BCUT2D eigenvalue weighted by Crippen LogP contribution is -2.07. The molecule has 0 atom stereocenters. The average molecular weight is 253 g/mol. The minimum Gasteiger partial charge on any atom is -0.481 e. The molecule has 100 valence electrons. The predicted octanol–water partition coefficient (Wildman–Crippen LogP) is 2.85. The fourth-order valence-corrected chi connectivity index (χ4v) is 1.54. The van der Waals surface area contributed by atoms with Gasteiger partial charge in [-0.05, 0) is 18.8 Å². The number of hydrogen-bond acceptors (Lipinski definition) is 5. The van der Waals surface area contributed by atoms with E-state index in [2.05, 4.69) is 24.1 Å². The zero-order valence-corrected chi connectivity index (χ0v) is 11.0. The molecule has 0 unspecified atom stereocenters. The summed E-state index contributed by atoms with van der Waals surface area (Å²) in [5, 5.41) is 13.8. The smallest absolute Gasteiger partial charge is 0.311 e. The highest BCUT2D eigenvalue weighted by atomic mass is 16.6. The SMILES string of the molecule is COc1ccc([N+](=O)[O-])c(NCCCC(C)C)n1. The summed E-state index contributed by atoms with van der Waals surface area (Å²) in [7, 11) is 1.48. The molecular weight excluding hydrogens is 234 g/mol. The molecule has 1 aromatic rings. The summed E-state index contributed by atoms with van der Waals surface area (Å²) in [6, 6.07) is 2.88. The Morgan fingerprint density at radius 1 is 1.50 bits per heavy atom. The fourth-order valence-electron chi connectivity index (χ4n) is 1.54. The van der Waals surface area contributed by atoms with Crippen molar-refractivity contribution in [1.82, 2.24) is 4.98 Å². The van der Waals surface area contributed by atoms with Crippen LogP contribution in [0.4, 0.5) is 11.5 Å². The van der Waals surface area contributed by atoms with Gasteiger partial charge < -0.3 is 10.1 Å². The van der Waals surface area contributed by atoms with Crippen LogP contribution in [0.25, 0.3) is 0 Å². The van der Waals surface area contributed by atoms with Gasteiger partial charge in [0, 0.05) is 18.7 Å². The first kappa shape index (κ1) is 14.2. The molecule has 0 saturated carbocycles. The van der Waals surface area contributed by atoms with E-state index in [1.165, 1.54) is 19.2 Å². The van der Waals surface area contributed by atoms with E-state index in [4.69, 9.17) is 4.74 Å². The van der Waals surface area contributed by atoms with Gasteiger partial charge in [0.1, 0.15) is 0 Å². The van der Waals surface area contributed by atoms with Gasteiger partial charge in [-0.15, -0.1) is 0 Å². The Bertz CT molecular complexity index is 408. The Kier molecular flexibility index (Phi) is 5.35. The number of nitrogens with one attached hydrogen (secondary N) is 1. The highest BCUT2D eigenvalue weighted by Gasteiger charge is 2.15. The molecule has 0 bridgehead atoms. The van der Waals surface area contributed by atoms with Crippen LogP contribution in [0.3, 0.4) is 0 Å². The van der Waals surface area contributed by atoms with E-state index in [1.807, 2.05) is 0 Å². The molecular formula is C12H19N3O3. The molecule has 0 amide bonds. The van der Waals surface area contributed by atoms with Crippen molar-refractivity contribution >= 4 is 11.5 Å². The van der Waals surface area contributed by atoms with Crippen molar-refractivity contribution in [2.75, 3.05) is 19.0 Å². The predicted molar refractivity (Wildman–Crippen MR) is 70.0 cm³/mol. The summed E-state index contributed by atoms with van der Waals surface area (Å²) in [6.45, 7) is 4.96. The van der Waals surface area contributed by atoms with Gasteiger partial charge in [0.2, 0.25) is 11.7 Å². The second-order valence-corrected chi connectivity index (χ2v) is 4.44. The van der Waals surface area contributed by atoms with E-state index >= 15 is 0 Å². The fraction of sp³-hybridized carbons (Fsp3) is 0.583. The number of nitro groups is 1. The van der Waals surface area contributed by atoms with Gasteiger partial charge in [0.15, 0.2) is 0 Å². The van der Waals surface area contributed by atoms with Gasteiger partial charge >= 0.3 is 5.69 Å². The third-order valence-corrected chi connectivity index (χ3v) is 2.50. The van der Waals surface area contributed by atoms with Gasteiger partial charge in [-0.25, -0.2) is 0 Å². The molecule has 1 heterocycles. The summed E-state index contributed by atoms with van der Waals surface area (Å²) in [5.74, 6) is 1.26. The monoisotopic (exact) mass is 253 g/mol. The van der Waals surface area contributed by atoms with Crippen LogP contribution >= 0.6 is 0 Å². The van der Waals surface area contributed by atoms with E-state index in [1.54, 1.807) is 0 Å². The van der Waals surface area contributed by atoms with E-state index in [0.29, 0.717) is 18.3 Å². The molecule has 1 aromatic heterocycles. The summed E-state index contributed by atoms with van der Waals surface area (Å²) in [6.07, 6.45) is 2.03. The van der Waals surface area contributed by atoms with Crippen LogP contribution < -0.4 is 10.1 Å². The Labute approximate surface area is 107 Å². The molecule has 0 saturated heterocycles. The summed E-state index contributed by atoms with van der Waals surface area (Å²) in [5.41, 5.74) is -0.0275.